The van der Waals surface area contributed by atoms with Gasteiger partial charge < -0.3 is 24.6 Å². The largest absolute Gasteiger partial charge is 0.377 e. The molecule has 29 heavy (non-hydrogen) atoms. The van der Waals surface area contributed by atoms with E-state index in [1.165, 1.54) is 6.42 Å². The van der Waals surface area contributed by atoms with Crippen molar-refractivity contribution in [3.05, 3.63) is 0 Å². The number of fused-ring (bicyclic) bond motifs is 1. The van der Waals surface area contributed by atoms with E-state index in [2.05, 4.69) is 31.0 Å². The van der Waals surface area contributed by atoms with Crippen LogP contribution >= 0.6 is 24.0 Å². The Morgan fingerprint density at radius 3 is 2.38 bits per heavy atom. The van der Waals surface area contributed by atoms with Crippen molar-refractivity contribution in [2.24, 2.45) is 16.3 Å². The van der Waals surface area contributed by atoms with Gasteiger partial charge >= 0.3 is 0 Å². The van der Waals surface area contributed by atoms with Crippen LogP contribution in [0.4, 0.5) is 0 Å². The molecule has 4 rings (SSSR count). The zero-order valence-corrected chi connectivity index (χ0v) is 20.4. The molecule has 3 aliphatic heterocycles. The number of nitrogens with one attached hydrogen (secondary N) is 1. The smallest absolute Gasteiger partial charge is 0.251 e. The van der Waals surface area contributed by atoms with Gasteiger partial charge in [0.15, 0.2) is 5.96 Å². The van der Waals surface area contributed by atoms with Crippen LogP contribution in [0.2, 0.25) is 0 Å². The van der Waals surface area contributed by atoms with E-state index in [1.807, 2.05) is 4.90 Å². The number of piperazine rings is 1. The minimum Gasteiger partial charge on any atom is -0.377 e. The van der Waals surface area contributed by atoms with E-state index in [4.69, 9.17) is 14.5 Å². The maximum Gasteiger partial charge on any atom is 0.251 e. The molecule has 4 fully saturated rings. The van der Waals surface area contributed by atoms with Gasteiger partial charge in [-0.1, -0.05) is 13.8 Å². The number of carbonyl (C=O) groups is 1. The van der Waals surface area contributed by atoms with Gasteiger partial charge in [0.2, 0.25) is 0 Å². The predicted octanol–water partition coefficient (Wildman–Crippen LogP) is 2.10. The minimum atomic E-state index is -0.215. The molecule has 0 bridgehead atoms. The lowest BCUT2D eigenvalue weighted by molar-refractivity contribution is -0.188. The van der Waals surface area contributed by atoms with Gasteiger partial charge in [0.05, 0.1) is 6.10 Å². The summed E-state index contributed by atoms with van der Waals surface area (Å²) in [5.41, 5.74) is 0.122. The first-order chi connectivity index (χ1) is 13.5. The zero-order chi connectivity index (χ0) is 19.7. The van der Waals surface area contributed by atoms with Gasteiger partial charge in [0.1, 0.15) is 6.10 Å². The van der Waals surface area contributed by atoms with Crippen molar-refractivity contribution in [2.75, 3.05) is 45.9 Å². The Hall–Kier alpha value is -0.610. The number of aliphatic imine (C=N–C) groups is 1. The van der Waals surface area contributed by atoms with E-state index in [0.29, 0.717) is 18.1 Å². The van der Waals surface area contributed by atoms with Gasteiger partial charge in [0, 0.05) is 63.3 Å². The molecule has 1 saturated carbocycles. The highest BCUT2D eigenvalue weighted by Crippen LogP contribution is 2.51. The van der Waals surface area contributed by atoms with Gasteiger partial charge in [-0.3, -0.25) is 9.79 Å². The fourth-order valence-corrected chi connectivity index (χ4v) is 5.46. The number of carbonyl (C=O) groups excluding carboxylic acids is 1. The van der Waals surface area contributed by atoms with E-state index < -0.39 is 0 Å². The molecule has 0 aromatic heterocycles. The quantitative estimate of drug-likeness (QED) is 0.351. The molecule has 3 saturated heterocycles. The second-order valence-electron chi connectivity index (χ2n) is 9.15. The first kappa shape index (κ1) is 23.1. The predicted molar refractivity (Wildman–Crippen MR) is 124 cm³/mol. The highest BCUT2D eigenvalue weighted by molar-refractivity contribution is 14.0. The second kappa shape index (κ2) is 9.68. The normalized spacial score (nSPS) is 34.1. The van der Waals surface area contributed by atoms with E-state index >= 15 is 0 Å². The van der Waals surface area contributed by atoms with Gasteiger partial charge in [-0.25, -0.2) is 0 Å². The third kappa shape index (κ3) is 4.54. The molecule has 0 aromatic carbocycles. The lowest BCUT2D eigenvalue weighted by Gasteiger charge is -2.60. The molecule has 0 radical (unpaired) electrons. The molecule has 8 heteroatoms. The van der Waals surface area contributed by atoms with Crippen LogP contribution in [0.25, 0.3) is 0 Å². The number of guanidine groups is 1. The number of nitrogens with zero attached hydrogens (tertiary/aromatic N) is 3. The van der Waals surface area contributed by atoms with Crippen molar-refractivity contribution >= 4 is 35.8 Å². The molecule has 1 N–H and O–H groups in total. The van der Waals surface area contributed by atoms with E-state index in [1.54, 1.807) is 0 Å². The van der Waals surface area contributed by atoms with Crippen LogP contribution in [-0.4, -0.2) is 85.9 Å². The maximum absolute atomic E-state index is 12.6. The highest BCUT2D eigenvalue weighted by Gasteiger charge is 2.58. The van der Waals surface area contributed by atoms with Crippen LogP contribution in [0.15, 0.2) is 4.99 Å². The van der Waals surface area contributed by atoms with Gasteiger partial charge in [-0.15, -0.1) is 24.0 Å². The molecule has 3 heterocycles. The number of halogens is 1. The van der Waals surface area contributed by atoms with Crippen LogP contribution in [0.1, 0.15) is 46.5 Å². The lowest BCUT2D eigenvalue weighted by Crippen LogP contribution is -2.71. The zero-order valence-electron chi connectivity index (χ0n) is 18.1. The molecule has 0 aromatic rings. The summed E-state index contributed by atoms with van der Waals surface area (Å²) >= 11 is 0. The summed E-state index contributed by atoms with van der Waals surface area (Å²) in [4.78, 5) is 21.7. The van der Waals surface area contributed by atoms with Crippen molar-refractivity contribution in [1.82, 2.24) is 15.1 Å². The van der Waals surface area contributed by atoms with E-state index in [-0.39, 0.29) is 41.4 Å². The molecule has 1 amide bonds. The number of hydrogen-bond acceptors (Lipinski definition) is 4. The summed E-state index contributed by atoms with van der Waals surface area (Å²) in [5.74, 6) is 1.74. The third-order valence-electron chi connectivity index (χ3n) is 7.02. The summed E-state index contributed by atoms with van der Waals surface area (Å²) < 4.78 is 11.6. The first-order valence-corrected chi connectivity index (χ1v) is 11.1. The fraction of sp³-hybridized carbons (Fsp3) is 0.905. The molecule has 4 unspecified atom stereocenters. The van der Waals surface area contributed by atoms with Gasteiger partial charge in [-0.2, -0.15) is 0 Å². The number of hydrogen-bond donors (Lipinski definition) is 1. The third-order valence-corrected chi connectivity index (χ3v) is 7.02. The van der Waals surface area contributed by atoms with Crippen LogP contribution in [0, 0.1) is 11.3 Å². The van der Waals surface area contributed by atoms with Crippen molar-refractivity contribution in [1.29, 1.82) is 0 Å². The van der Waals surface area contributed by atoms with Crippen molar-refractivity contribution in [2.45, 2.75) is 64.7 Å². The molecule has 0 spiro atoms. The Bertz CT molecular complexity index is 601. The molecular formula is C21H37IN4O3. The van der Waals surface area contributed by atoms with Crippen LogP contribution in [0.5, 0.6) is 0 Å². The van der Waals surface area contributed by atoms with E-state index in [0.717, 1.165) is 71.2 Å². The number of amides is 1. The lowest BCUT2D eigenvalue weighted by atomic mass is 9.55. The summed E-state index contributed by atoms with van der Waals surface area (Å²) in [7, 11) is 0. The topological polar surface area (TPSA) is 66.4 Å². The Kier molecular flexibility index (Phi) is 7.70. The molecule has 4 aliphatic rings. The van der Waals surface area contributed by atoms with Gasteiger partial charge in [0.25, 0.3) is 5.91 Å². The van der Waals surface area contributed by atoms with Crippen molar-refractivity contribution in [3.63, 3.8) is 0 Å². The first-order valence-electron chi connectivity index (χ1n) is 11.1. The van der Waals surface area contributed by atoms with Crippen molar-refractivity contribution < 1.29 is 14.3 Å². The van der Waals surface area contributed by atoms with Gasteiger partial charge in [-0.05, 0) is 32.6 Å². The Labute approximate surface area is 192 Å². The average Bonchev–Trinajstić information content (AvgIpc) is 3.25. The monoisotopic (exact) mass is 520 g/mol. The Morgan fingerprint density at radius 1 is 1.07 bits per heavy atom. The molecule has 4 atom stereocenters. The Morgan fingerprint density at radius 2 is 1.72 bits per heavy atom. The summed E-state index contributed by atoms with van der Waals surface area (Å²) in [6.07, 6.45) is 4.39. The number of ether oxygens (including phenoxy) is 2. The summed E-state index contributed by atoms with van der Waals surface area (Å²) in [6, 6.07) is 0.398. The molecule has 7 nitrogen and oxygen atoms in total. The fourth-order valence-electron chi connectivity index (χ4n) is 5.46. The maximum atomic E-state index is 12.6. The summed E-state index contributed by atoms with van der Waals surface area (Å²) in [5, 5.41) is 3.78. The highest BCUT2D eigenvalue weighted by atomic mass is 127. The standard InChI is InChI=1S/C21H36N4O3.HI/c1-4-22-20(23-17-15-7-5-14-28-18(15)21(17,2)3)25-11-9-24(10-12-25)19(26)16-8-6-13-27-16;/h15-18H,4-14H2,1-3H3,(H,22,23);1H. The average molecular weight is 520 g/mol. The SMILES string of the molecule is CCN=C(NC1C2CCCOC2C1(C)C)N1CCN(C(=O)C2CCCO2)CC1.I. The molecule has 166 valence electrons. The Balaban J connectivity index is 0.00000240. The van der Waals surface area contributed by atoms with Crippen LogP contribution in [-0.2, 0) is 14.3 Å². The second-order valence-corrected chi connectivity index (χ2v) is 9.15. The minimum absolute atomic E-state index is 0. The molecule has 1 aliphatic carbocycles. The number of rotatable bonds is 3. The van der Waals surface area contributed by atoms with Crippen LogP contribution < -0.4 is 5.32 Å². The summed E-state index contributed by atoms with van der Waals surface area (Å²) in [6.45, 7) is 12.2. The van der Waals surface area contributed by atoms with Crippen LogP contribution in [0.3, 0.4) is 0 Å². The van der Waals surface area contributed by atoms with E-state index in [9.17, 15) is 4.79 Å². The molecular weight excluding hydrogens is 483 g/mol. The van der Waals surface area contributed by atoms with Crippen molar-refractivity contribution in [3.8, 4) is 0 Å².